The van der Waals surface area contributed by atoms with Gasteiger partial charge in [0, 0.05) is 24.3 Å². The van der Waals surface area contributed by atoms with Gasteiger partial charge in [-0.15, -0.1) is 0 Å². The molecule has 0 aromatic heterocycles. The van der Waals surface area contributed by atoms with Gasteiger partial charge in [-0.2, -0.15) is 0 Å². The molecule has 1 aliphatic carbocycles. The minimum absolute atomic E-state index is 0.186. The van der Waals surface area contributed by atoms with Crippen molar-refractivity contribution in [3.63, 3.8) is 0 Å². The first-order valence-corrected chi connectivity index (χ1v) is 10.5. The average molecular weight is 408 g/mol. The highest BCUT2D eigenvalue weighted by Crippen LogP contribution is 2.45. The second kappa shape index (κ2) is 8.20. The number of hydrogen-bond donors (Lipinski definition) is 2. The number of carbonyl (C=O) groups excluding carboxylic acids is 2. The van der Waals surface area contributed by atoms with Crippen LogP contribution in [0.5, 0.6) is 0 Å². The van der Waals surface area contributed by atoms with Crippen molar-refractivity contribution < 1.29 is 14.8 Å². The van der Waals surface area contributed by atoms with Crippen LogP contribution < -0.4 is 10.4 Å². The molecule has 2 aromatic rings. The summed E-state index contributed by atoms with van der Waals surface area (Å²) in [5.41, 5.74) is 6.17. The molecule has 1 atom stereocenters. The van der Waals surface area contributed by atoms with E-state index < -0.39 is 11.3 Å². The fourth-order valence-electron chi connectivity index (χ4n) is 4.73. The highest BCUT2D eigenvalue weighted by Gasteiger charge is 2.48. The van der Waals surface area contributed by atoms with Gasteiger partial charge in [-0.25, -0.2) is 5.48 Å². The summed E-state index contributed by atoms with van der Waals surface area (Å²) in [6.45, 7) is 1.73. The Morgan fingerprint density at radius 3 is 2.60 bits per heavy atom. The van der Waals surface area contributed by atoms with Gasteiger partial charge >= 0.3 is 0 Å². The van der Waals surface area contributed by atoms with Gasteiger partial charge in [-0.05, 0) is 87.2 Å². The molecule has 6 nitrogen and oxygen atoms in total. The van der Waals surface area contributed by atoms with E-state index in [4.69, 9.17) is 5.21 Å². The topological polar surface area (TPSA) is 72.9 Å². The fourth-order valence-corrected chi connectivity index (χ4v) is 4.73. The third-order valence-corrected chi connectivity index (χ3v) is 6.58. The molecule has 30 heavy (non-hydrogen) atoms. The molecule has 2 aromatic carbocycles. The molecular formula is C24H29N3O3. The maximum absolute atomic E-state index is 13.5. The van der Waals surface area contributed by atoms with Crippen molar-refractivity contribution in [3.05, 3.63) is 64.7 Å². The summed E-state index contributed by atoms with van der Waals surface area (Å²) < 4.78 is 0. The number of nitrogens with zero attached hydrogens (tertiary/aromatic N) is 2. The smallest absolute Gasteiger partial charge is 0.274 e. The Hall–Kier alpha value is -2.70. The van der Waals surface area contributed by atoms with Crippen molar-refractivity contribution in [2.75, 3.05) is 32.1 Å². The van der Waals surface area contributed by atoms with Crippen LogP contribution in [0.25, 0.3) is 0 Å². The molecule has 1 saturated heterocycles. The highest BCUT2D eigenvalue weighted by molar-refractivity contribution is 6.00. The summed E-state index contributed by atoms with van der Waals surface area (Å²) in [7, 11) is 4.14. The van der Waals surface area contributed by atoms with Crippen LogP contribution in [-0.4, -0.2) is 49.1 Å². The molecule has 1 heterocycles. The molecule has 0 unspecified atom stereocenters. The van der Waals surface area contributed by atoms with Crippen molar-refractivity contribution in [1.82, 2.24) is 10.4 Å². The van der Waals surface area contributed by atoms with Gasteiger partial charge in [-0.1, -0.05) is 18.2 Å². The van der Waals surface area contributed by atoms with E-state index in [0.29, 0.717) is 12.0 Å². The molecule has 0 saturated carbocycles. The quantitative estimate of drug-likeness (QED) is 0.591. The molecular weight excluding hydrogens is 378 g/mol. The van der Waals surface area contributed by atoms with Crippen molar-refractivity contribution in [3.8, 4) is 0 Å². The normalized spacial score (nSPS) is 20.7. The van der Waals surface area contributed by atoms with Gasteiger partial charge in [0.25, 0.3) is 5.91 Å². The van der Waals surface area contributed by atoms with Crippen LogP contribution in [0.2, 0.25) is 0 Å². The van der Waals surface area contributed by atoms with Crippen LogP contribution in [0, 0.1) is 5.41 Å². The number of anilines is 1. The van der Waals surface area contributed by atoms with Crippen LogP contribution in [0.1, 0.15) is 39.9 Å². The molecule has 2 N–H and O–H groups in total. The average Bonchev–Trinajstić information content (AvgIpc) is 3.07. The van der Waals surface area contributed by atoms with Gasteiger partial charge in [-0.3, -0.25) is 14.8 Å². The Bertz CT molecular complexity index is 955. The third-order valence-electron chi connectivity index (χ3n) is 6.58. The Morgan fingerprint density at radius 2 is 1.90 bits per heavy atom. The second-order valence-electron chi connectivity index (χ2n) is 8.81. The lowest BCUT2D eigenvalue weighted by Gasteiger charge is -2.33. The zero-order valence-electron chi connectivity index (χ0n) is 17.6. The van der Waals surface area contributed by atoms with Crippen LogP contribution in [0.15, 0.2) is 42.5 Å². The predicted molar refractivity (Wildman–Crippen MR) is 116 cm³/mol. The number of benzene rings is 2. The van der Waals surface area contributed by atoms with Crippen LogP contribution in [-0.2, 0) is 24.1 Å². The zero-order chi connectivity index (χ0) is 21.3. The maximum Gasteiger partial charge on any atom is 0.274 e. The van der Waals surface area contributed by atoms with E-state index in [1.807, 2.05) is 17.0 Å². The highest BCUT2D eigenvalue weighted by atomic mass is 16.5. The number of fused-ring (bicyclic) bond motifs is 1. The summed E-state index contributed by atoms with van der Waals surface area (Å²) in [6.07, 6.45) is 4.13. The van der Waals surface area contributed by atoms with Crippen molar-refractivity contribution in [1.29, 1.82) is 0 Å². The van der Waals surface area contributed by atoms with Gasteiger partial charge in [0.2, 0.25) is 5.91 Å². The number of hydrogen-bond acceptors (Lipinski definition) is 4. The largest absolute Gasteiger partial charge is 0.312 e. The molecule has 2 aliphatic rings. The first-order valence-electron chi connectivity index (χ1n) is 10.5. The maximum atomic E-state index is 13.5. The minimum atomic E-state index is -0.522. The molecule has 2 amide bonds. The summed E-state index contributed by atoms with van der Waals surface area (Å²) in [4.78, 5) is 29.3. The summed E-state index contributed by atoms with van der Waals surface area (Å²) in [5, 5.41) is 8.92. The number of rotatable bonds is 5. The van der Waals surface area contributed by atoms with Crippen LogP contribution >= 0.6 is 0 Å². The molecule has 6 heteroatoms. The fraction of sp³-hybridized carbons (Fsp3) is 0.417. The Morgan fingerprint density at radius 1 is 1.13 bits per heavy atom. The number of carbonyl (C=O) groups is 2. The minimum Gasteiger partial charge on any atom is -0.312 e. The first-order chi connectivity index (χ1) is 14.4. The molecule has 158 valence electrons. The van der Waals surface area contributed by atoms with Gasteiger partial charge < -0.3 is 9.80 Å². The Labute approximate surface area is 177 Å². The predicted octanol–water partition coefficient (Wildman–Crippen LogP) is 2.82. The zero-order valence-corrected chi connectivity index (χ0v) is 17.6. The Kier molecular flexibility index (Phi) is 5.62. The van der Waals surface area contributed by atoms with Gasteiger partial charge in [0.05, 0.1) is 5.41 Å². The number of hydroxylamine groups is 1. The van der Waals surface area contributed by atoms with Crippen LogP contribution in [0.4, 0.5) is 5.69 Å². The van der Waals surface area contributed by atoms with Gasteiger partial charge in [0.1, 0.15) is 0 Å². The molecule has 1 aliphatic heterocycles. The Balaban J connectivity index is 1.51. The molecule has 0 bridgehead atoms. The number of amides is 2. The van der Waals surface area contributed by atoms with E-state index in [-0.39, 0.29) is 5.91 Å². The van der Waals surface area contributed by atoms with E-state index in [1.54, 1.807) is 11.5 Å². The lowest BCUT2D eigenvalue weighted by Crippen LogP contribution is -2.38. The second-order valence-corrected chi connectivity index (χ2v) is 8.81. The number of nitrogens with one attached hydrogen (secondary N) is 1. The van der Waals surface area contributed by atoms with E-state index in [2.05, 4.69) is 43.3 Å². The lowest BCUT2D eigenvalue weighted by molar-refractivity contribution is -0.126. The van der Waals surface area contributed by atoms with Crippen molar-refractivity contribution in [2.45, 2.75) is 32.1 Å². The van der Waals surface area contributed by atoms with Crippen molar-refractivity contribution in [2.24, 2.45) is 5.41 Å². The SMILES string of the molecule is CN(C)CCc1ccc(N2CC[C@@]3(CCc4ccc(C(=O)NO)cc4C3)C2=O)cc1. The number of aryl methyl sites for hydroxylation is 1. The summed E-state index contributed by atoms with van der Waals surface area (Å²) in [5.74, 6) is -0.336. The van der Waals surface area contributed by atoms with E-state index >= 15 is 0 Å². The van der Waals surface area contributed by atoms with Crippen LogP contribution in [0.3, 0.4) is 0 Å². The third kappa shape index (κ3) is 3.85. The summed E-state index contributed by atoms with van der Waals surface area (Å²) >= 11 is 0. The standard InChI is InChI=1S/C24H29N3O3/c1-26(2)13-10-17-3-7-21(8-4-17)27-14-12-24(23(27)29)11-9-18-5-6-19(22(28)25-30)15-20(18)16-24/h3-8,15,30H,9-14,16H2,1-2H3,(H,25,28)/t24-/m1/s1. The van der Waals surface area contributed by atoms with E-state index in [9.17, 15) is 9.59 Å². The number of likely N-dealkylation sites (N-methyl/N-ethyl adjacent to an activating group) is 1. The van der Waals surface area contributed by atoms with E-state index in [0.717, 1.165) is 50.0 Å². The molecule has 0 radical (unpaired) electrons. The van der Waals surface area contributed by atoms with E-state index in [1.165, 1.54) is 11.1 Å². The molecule has 4 rings (SSSR count). The molecule has 1 spiro atoms. The van der Waals surface area contributed by atoms with Crippen molar-refractivity contribution >= 4 is 17.5 Å². The van der Waals surface area contributed by atoms with Gasteiger partial charge in [0.15, 0.2) is 0 Å². The monoisotopic (exact) mass is 407 g/mol. The molecule has 1 fully saturated rings. The first kappa shape index (κ1) is 20.6. The lowest BCUT2D eigenvalue weighted by atomic mass is 9.70. The summed E-state index contributed by atoms with van der Waals surface area (Å²) in [6, 6.07) is 13.8.